The summed E-state index contributed by atoms with van der Waals surface area (Å²) >= 11 is 0. The van der Waals surface area contributed by atoms with Crippen LogP contribution in [0.1, 0.15) is 34.6 Å². The van der Waals surface area contributed by atoms with Crippen LogP contribution < -0.4 is 9.64 Å². The second-order valence-corrected chi connectivity index (χ2v) is 7.18. The molecule has 8 heteroatoms. The molecule has 0 spiro atoms. The summed E-state index contributed by atoms with van der Waals surface area (Å²) in [6.07, 6.45) is 1.41. The average molecular weight is 447 g/mol. The highest BCUT2D eigenvalue weighted by molar-refractivity contribution is 6.51. The SMILES string of the molecule is CCOc1ccc(/C(O)=C2/C(=O)C(=O)N(c3cccc(C(=O)OC)c3)C2c2ccco2)cc1. The van der Waals surface area contributed by atoms with E-state index in [0.29, 0.717) is 17.9 Å². The van der Waals surface area contributed by atoms with Gasteiger partial charge in [-0.05, 0) is 61.5 Å². The number of ether oxygens (including phenoxy) is 2. The maximum atomic E-state index is 13.1. The molecule has 0 radical (unpaired) electrons. The first kappa shape index (κ1) is 21.9. The molecular weight excluding hydrogens is 426 g/mol. The molecule has 0 bridgehead atoms. The quantitative estimate of drug-likeness (QED) is 0.262. The zero-order valence-electron chi connectivity index (χ0n) is 18.0. The van der Waals surface area contributed by atoms with Gasteiger partial charge in [0, 0.05) is 11.3 Å². The van der Waals surface area contributed by atoms with E-state index in [4.69, 9.17) is 13.9 Å². The number of benzene rings is 2. The average Bonchev–Trinajstić information content (AvgIpc) is 3.46. The van der Waals surface area contributed by atoms with Crippen molar-refractivity contribution in [3.63, 3.8) is 0 Å². The number of amides is 1. The number of Topliss-reactive ketones (excluding diaryl/α,β-unsaturated/α-hetero) is 1. The van der Waals surface area contributed by atoms with Crippen molar-refractivity contribution in [3.05, 3.63) is 89.4 Å². The lowest BCUT2D eigenvalue weighted by Crippen LogP contribution is -2.29. The minimum absolute atomic E-state index is 0.123. The molecule has 2 heterocycles. The second kappa shape index (κ2) is 9.04. The van der Waals surface area contributed by atoms with Crippen molar-refractivity contribution in [2.24, 2.45) is 0 Å². The van der Waals surface area contributed by atoms with Crippen molar-refractivity contribution < 1.29 is 33.4 Å². The Balaban J connectivity index is 1.85. The minimum atomic E-state index is -1.03. The van der Waals surface area contributed by atoms with E-state index in [1.807, 2.05) is 6.92 Å². The van der Waals surface area contributed by atoms with Gasteiger partial charge in [-0.1, -0.05) is 6.07 Å². The van der Waals surface area contributed by atoms with Crippen molar-refractivity contribution >= 4 is 29.1 Å². The Kier molecular flexibility index (Phi) is 5.99. The molecule has 168 valence electrons. The lowest BCUT2D eigenvalue weighted by molar-refractivity contribution is -0.132. The van der Waals surface area contributed by atoms with Gasteiger partial charge in [-0.2, -0.15) is 0 Å². The fourth-order valence-electron chi connectivity index (χ4n) is 3.75. The van der Waals surface area contributed by atoms with Crippen molar-refractivity contribution in [1.82, 2.24) is 0 Å². The molecule has 3 aromatic rings. The van der Waals surface area contributed by atoms with E-state index in [1.54, 1.807) is 48.5 Å². The van der Waals surface area contributed by atoms with E-state index in [1.165, 1.54) is 30.4 Å². The maximum absolute atomic E-state index is 13.1. The summed E-state index contributed by atoms with van der Waals surface area (Å²) in [5.41, 5.74) is 0.715. The van der Waals surface area contributed by atoms with Crippen molar-refractivity contribution in [2.75, 3.05) is 18.6 Å². The van der Waals surface area contributed by atoms with Gasteiger partial charge in [-0.25, -0.2) is 4.79 Å². The number of rotatable bonds is 6. The van der Waals surface area contributed by atoms with E-state index >= 15 is 0 Å². The molecule has 1 fully saturated rings. The summed E-state index contributed by atoms with van der Waals surface area (Å²) in [6, 6.07) is 14.9. The first-order valence-electron chi connectivity index (χ1n) is 10.2. The summed E-state index contributed by atoms with van der Waals surface area (Å²) in [4.78, 5) is 39.4. The topological polar surface area (TPSA) is 106 Å². The van der Waals surface area contributed by atoms with Crippen LogP contribution in [0.3, 0.4) is 0 Å². The Morgan fingerprint density at radius 2 is 1.82 bits per heavy atom. The molecule has 4 rings (SSSR count). The Morgan fingerprint density at radius 1 is 1.06 bits per heavy atom. The number of hydrogen-bond acceptors (Lipinski definition) is 7. The molecule has 1 N–H and O–H groups in total. The Hall–Kier alpha value is -4.33. The van der Waals surface area contributed by atoms with Crippen LogP contribution in [0.15, 0.2) is 76.9 Å². The second-order valence-electron chi connectivity index (χ2n) is 7.18. The molecule has 1 unspecified atom stereocenters. The Morgan fingerprint density at radius 3 is 2.45 bits per heavy atom. The van der Waals surface area contributed by atoms with Crippen LogP contribution in [-0.4, -0.2) is 36.5 Å². The molecule has 1 saturated heterocycles. The molecule has 1 aliphatic heterocycles. The van der Waals surface area contributed by atoms with Crippen molar-refractivity contribution in [3.8, 4) is 5.75 Å². The lowest BCUT2D eigenvalue weighted by Gasteiger charge is -2.23. The van der Waals surface area contributed by atoms with Gasteiger partial charge in [0.25, 0.3) is 11.7 Å². The van der Waals surface area contributed by atoms with Crippen LogP contribution in [0.4, 0.5) is 5.69 Å². The third kappa shape index (κ3) is 3.98. The number of carbonyl (C=O) groups excluding carboxylic acids is 3. The molecule has 33 heavy (non-hydrogen) atoms. The fraction of sp³-hybridized carbons (Fsp3) is 0.160. The number of methoxy groups -OCH3 is 1. The Labute approximate surface area is 189 Å². The van der Waals surface area contributed by atoms with Gasteiger partial charge in [0.05, 0.1) is 31.1 Å². The maximum Gasteiger partial charge on any atom is 0.337 e. The van der Waals surface area contributed by atoms with Gasteiger partial charge in [0.1, 0.15) is 23.3 Å². The predicted octanol–water partition coefficient (Wildman–Crippen LogP) is 4.09. The third-order valence-corrected chi connectivity index (χ3v) is 5.24. The summed E-state index contributed by atoms with van der Waals surface area (Å²) < 4.78 is 15.7. The number of anilines is 1. The van der Waals surface area contributed by atoms with E-state index < -0.39 is 23.7 Å². The van der Waals surface area contributed by atoms with E-state index in [2.05, 4.69) is 0 Å². The molecule has 1 atom stereocenters. The summed E-state index contributed by atoms with van der Waals surface area (Å²) in [5, 5.41) is 11.1. The summed E-state index contributed by atoms with van der Waals surface area (Å²) in [7, 11) is 1.25. The lowest BCUT2D eigenvalue weighted by atomic mass is 9.99. The molecule has 1 amide bonds. The van der Waals surface area contributed by atoms with Crippen LogP contribution in [0.25, 0.3) is 5.76 Å². The molecule has 1 aromatic heterocycles. The molecular formula is C25H21NO7. The minimum Gasteiger partial charge on any atom is -0.507 e. The monoisotopic (exact) mass is 447 g/mol. The number of furan rings is 1. The fourth-order valence-corrected chi connectivity index (χ4v) is 3.75. The van der Waals surface area contributed by atoms with Gasteiger partial charge in [-0.15, -0.1) is 0 Å². The van der Waals surface area contributed by atoms with E-state index in [0.717, 1.165) is 0 Å². The van der Waals surface area contributed by atoms with Crippen LogP contribution in [0.2, 0.25) is 0 Å². The van der Waals surface area contributed by atoms with Gasteiger partial charge in [-0.3, -0.25) is 14.5 Å². The zero-order chi connectivity index (χ0) is 23.5. The van der Waals surface area contributed by atoms with Crippen LogP contribution in [0.5, 0.6) is 5.75 Å². The standard InChI is InChI=1S/C25H21NO7/c1-3-32-18-11-9-15(10-12-18)22(27)20-21(19-8-5-13-33-19)26(24(29)23(20)28)17-7-4-6-16(14-17)25(30)31-2/h4-14,21,27H,3H2,1-2H3/b22-20-. The molecule has 1 aliphatic rings. The van der Waals surface area contributed by atoms with Gasteiger partial charge in [0.15, 0.2) is 0 Å². The van der Waals surface area contributed by atoms with Crippen LogP contribution in [-0.2, 0) is 14.3 Å². The number of aliphatic hydroxyl groups is 1. The first-order chi connectivity index (χ1) is 16.0. The largest absolute Gasteiger partial charge is 0.507 e. The van der Waals surface area contributed by atoms with Gasteiger partial charge >= 0.3 is 5.97 Å². The molecule has 0 saturated carbocycles. The van der Waals surface area contributed by atoms with Crippen LogP contribution >= 0.6 is 0 Å². The number of aliphatic hydroxyl groups excluding tert-OH is 1. The van der Waals surface area contributed by atoms with Gasteiger partial charge < -0.3 is 19.0 Å². The number of carbonyl (C=O) groups is 3. The number of esters is 1. The van der Waals surface area contributed by atoms with Gasteiger partial charge in [0.2, 0.25) is 0 Å². The molecule has 2 aromatic carbocycles. The van der Waals surface area contributed by atoms with Crippen LogP contribution in [0, 0.1) is 0 Å². The number of hydrogen-bond donors (Lipinski definition) is 1. The van der Waals surface area contributed by atoms with E-state index in [-0.39, 0.29) is 28.3 Å². The number of nitrogens with zero attached hydrogens (tertiary/aromatic N) is 1. The van der Waals surface area contributed by atoms with Crippen molar-refractivity contribution in [1.29, 1.82) is 0 Å². The highest BCUT2D eigenvalue weighted by atomic mass is 16.5. The summed E-state index contributed by atoms with van der Waals surface area (Å²) in [6.45, 7) is 2.34. The highest BCUT2D eigenvalue weighted by Gasteiger charge is 2.48. The zero-order valence-corrected chi connectivity index (χ0v) is 18.0. The van der Waals surface area contributed by atoms with E-state index in [9.17, 15) is 19.5 Å². The Bertz CT molecular complexity index is 1230. The van der Waals surface area contributed by atoms with Crippen molar-refractivity contribution in [2.45, 2.75) is 13.0 Å². The first-order valence-corrected chi connectivity index (χ1v) is 10.2. The smallest absolute Gasteiger partial charge is 0.337 e. The predicted molar refractivity (Wildman–Crippen MR) is 119 cm³/mol. The summed E-state index contributed by atoms with van der Waals surface area (Å²) in [5.74, 6) is -1.76. The third-order valence-electron chi connectivity index (χ3n) is 5.24. The normalized spacial score (nSPS) is 17.3. The number of ketones is 1. The molecule has 0 aliphatic carbocycles. The molecule has 8 nitrogen and oxygen atoms in total. The highest BCUT2D eigenvalue weighted by Crippen LogP contribution is 2.42.